The Balaban J connectivity index is 1.55. The molecule has 1 fully saturated rings. The Morgan fingerprint density at radius 2 is 1.79 bits per heavy atom. The Morgan fingerprint density at radius 1 is 1.07 bits per heavy atom. The summed E-state index contributed by atoms with van der Waals surface area (Å²) in [5, 5.41) is 3.58. The topological polar surface area (TPSA) is 80.5 Å². The number of nitrogens with zero attached hydrogens (tertiary/aromatic N) is 2. The van der Waals surface area contributed by atoms with Gasteiger partial charge in [-0.3, -0.25) is 4.79 Å². The Kier molecular flexibility index (Phi) is 5.43. The standard InChI is InChI=1S/C21H19ClN2O4S/c22-17-9-5-4-8-16(17)20-10-11-24(12-13-29(20,26)27)21(25)18-14-19(28-23-18)15-6-2-1-3-7-15/h1-9,14,20H,10-13H2/t20-/m0/s1. The lowest BCUT2D eigenvalue weighted by atomic mass is 10.1. The van der Waals surface area contributed by atoms with Crippen molar-refractivity contribution < 1.29 is 17.7 Å². The Morgan fingerprint density at radius 3 is 2.55 bits per heavy atom. The molecular formula is C21H19ClN2O4S. The number of carbonyl (C=O) groups is 1. The van der Waals surface area contributed by atoms with Gasteiger partial charge in [-0.25, -0.2) is 8.42 Å². The van der Waals surface area contributed by atoms with E-state index in [-0.39, 0.29) is 30.3 Å². The molecule has 6 nitrogen and oxygen atoms in total. The number of sulfone groups is 1. The monoisotopic (exact) mass is 430 g/mol. The average molecular weight is 431 g/mol. The highest BCUT2D eigenvalue weighted by molar-refractivity contribution is 7.91. The molecule has 0 unspecified atom stereocenters. The molecule has 4 rings (SSSR count). The van der Waals surface area contributed by atoms with Gasteiger partial charge in [-0.05, 0) is 18.1 Å². The SMILES string of the molecule is O=C(c1cc(-c2ccccc2)on1)N1CC[C@@H](c2ccccc2Cl)S(=O)(=O)CC1. The van der Waals surface area contributed by atoms with Gasteiger partial charge in [-0.2, -0.15) is 0 Å². The average Bonchev–Trinajstić information content (AvgIpc) is 3.16. The number of hydrogen-bond donors (Lipinski definition) is 0. The number of rotatable bonds is 3. The zero-order valence-corrected chi connectivity index (χ0v) is 17.1. The van der Waals surface area contributed by atoms with E-state index < -0.39 is 15.1 Å². The summed E-state index contributed by atoms with van der Waals surface area (Å²) < 4.78 is 30.9. The molecule has 150 valence electrons. The van der Waals surface area contributed by atoms with E-state index in [0.717, 1.165) is 5.56 Å². The molecular weight excluding hydrogens is 412 g/mol. The van der Waals surface area contributed by atoms with Crippen molar-refractivity contribution in [1.82, 2.24) is 10.1 Å². The number of halogens is 1. The maximum Gasteiger partial charge on any atom is 0.276 e. The fourth-order valence-electron chi connectivity index (χ4n) is 3.51. The third-order valence-corrected chi connectivity index (χ3v) is 7.52. The van der Waals surface area contributed by atoms with Crippen molar-refractivity contribution in [3.63, 3.8) is 0 Å². The molecule has 0 aliphatic carbocycles. The maximum absolute atomic E-state index is 12.9. The van der Waals surface area contributed by atoms with Gasteiger partial charge in [0.15, 0.2) is 21.3 Å². The summed E-state index contributed by atoms with van der Waals surface area (Å²) >= 11 is 6.23. The van der Waals surface area contributed by atoms with Crippen LogP contribution in [0.4, 0.5) is 0 Å². The first-order valence-electron chi connectivity index (χ1n) is 9.23. The molecule has 3 aromatic rings. The second kappa shape index (κ2) is 8.00. The van der Waals surface area contributed by atoms with Crippen LogP contribution in [-0.4, -0.2) is 43.2 Å². The minimum Gasteiger partial charge on any atom is -0.355 e. The predicted molar refractivity (Wildman–Crippen MR) is 110 cm³/mol. The maximum atomic E-state index is 12.9. The van der Waals surface area contributed by atoms with Crippen molar-refractivity contribution in [2.45, 2.75) is 11.7 Å². The molecule has 0 spiro atoms. The first kappa shape index (κ1) is 19.7. The summed E-state index contributed by atoms with van der Waals surface area (Å²) in [7, 11) is -3.44. The summed E-state index contributed by atoms with van der Waals surface area (Å²) in [4.78, 5) is 14.4. The van der Waals surface area contributed by atoms with E-state index in [4.69, 9.17) is 16.1 Å². The molecule has 1 atom stereocenters. The molecule has 1 aliphatic heterocycles. The van der Waals surface area contributed by atoms with Gasteiger partial charge in [-0.15, -0.1) is 0 Å². The van der Waals surface area contributed by atoms with Crippen LogP contribution in [0, 0.1) is 0 Å². The fourth-order valence-corrected chi connectivity index (χ4v) is 5.66. The lowest BCUT2D eigenvalue weighted by Crippen LogP contribution is -2.33. The highest BCUT2D eigenvalue weighted by atomic mass is 35.5. The first-order valence-corrected chi connectivity index (χ1v) is 11.3. The Labute approximate surface area is 174 Å². The molecule has 0 saturated carbocycles. The molecule has 0 bridgehead atoms. The van der Waals surface area contributed by atoms with Crippen LogP contribution in [0.5, 0.6) is 0 Å². The normalized spacial score (nSPS) is 18.9. The zero-order valence-electron chi connectivity index (χ0n) is 15.5. The van der Waals surface area contributed by atoms with Crippen LogP contribution in [0.25, 0.3) is 11.3 Å². The van der Waals surface area contributed by atoms with E-state index in [1.807, 2.05) is 30.3 Å². The van der Waals surface area contributed by atoms with Crippen molar-refractivity contribution in [2.24, 2.45) is 0 Å². The van der Waals surface area contributed by atoms with Gasteiger partial charge in [-0.1, -0.05) is 65.3 Å². The van der Waals surface area contributed by atoms with Gasteiger partial charge < -0.3 is 9.42 Å². The molecule has 1 aromatic heterocycles. The van der Waals surface area contributed by atoms with Crippen LogP contribution in [0.3, 0.4) is 0 Å². The molecule has 0 N–H and O–H groups in total. The third-order valence-electron chi connectivity index (χ3n) is 5.07. The zero-order chi connectivity index (χ0) is 20.4. The molecule has 1 aliphatic rings. The van der Waals surface area contributed by atoms with Crippen molar-refractivity contribution in [2.75, 3.05) is 18.8 Å². The number of amides is 1. The van der Waals surface area contributed by atoms with Crippen molar-refractivity contribution in [3.05, 3.63) is 76.9 Å². The predicted octanol–water partition coefficient (Wildman–Crippen LogP) is 4.00. The summed E-state index contributed by atoms with van der Waals surface area (Å²) in [6.45, 7) is 0.400. The van der Waals surface area contributed by atoms with Gasteiger partial charge in [0, 0.05) is 29.7 Å². The highest BCUT2D eigenvalue weighted by Crippen LogP contribution is 2.34. The molecule has 2 heterocycles. The minimum absolute atomic E-state index is 0.107. The summed E-state index contributed by atoms with van der Waals surface area (Å²) in [5.41, 5.74) is 1.56. The molecule has 1 amide bonds. The van der Waals surface area contributed by atoms with Crippen molar-refractivity contribution >= 4 is 27.3 Å². The van der Waals surface area contributed by atoms with Gasteiger partial charge in [0.05, 0.1) is 11.0 Å². The largest absolute Gasteiger partial charge is 0.355 e. The van der Waals surface area contributed by atoms with E-state index >= 15 is 0 Å². The van der Waals surface area contributed by atoms with Crippen LogP contribution in [0.15, 0.2) is 65.2 Å². The molecule has 1 saturated heterocycles. The Bertz CT molecular complexity index is 1130. The van der Waals surface area contributed by atoms with Gasteiger partial charge in [0.2, 0.25) is 0 Å². The van der Waals surface area contributed by atoms with Crippen LogP contribution < -0.4 is 0 Å². The van der Waals surface area contributed by atoms with Crippen LogP contribution in [-0.2, 0) is 9.84 Å². The van der Waals surface area contributed by atoms with E-state index in [1.54, 1.807) is 30.3 Å². The fraction of sp³-hybridized carbons (Fsp3) is 0.238. The number of benzene rings is 2. The van der Waals surface area contributed by atoms with Crippen molar-refractivity contribution in [1.29, 1.82) is 0 Å². The number of carbonyl (C=O) groups excluding carboxylic acids is 1. The lowest BCUT2D eigenvalue weighted by molar-refractivity contribution is 0.0756. The molecule has 29 heavy (non-hydrogen) atoms. The molecule has 0 radical (unpaired) electrons. The van der Waals surface area contributed by atoms with Crippen molar-refractivity contribution in [3.8, 4) is 11.3 Å². The van der Waals surface area contributed by atoms with E-state index in [9.17, 15) is 13.2 Å². The van der Waals surface area contributed by atoms with E-state index in [1.165, 1.54) is 4.90 Å². The third kappa shape index (κ3) is 4.06. The minimum atomic E-state index is -3.44. The van der Waals surface area contributed by atoms with Gasteiger partial charge >= 0.3 is 0 Å². The molecule has 8 heteroatoms. The van der Waals surface area contributed by atoms with Crippen LogP contribution in [0.2, 0.25) is 5.02 Å². The quantitative estimate of drug-likeness (QED) is 0.627. The lowest BCUT2D eigenvalue weighted by Gasteiger charge is -2.18. The summed E-state index contributed by atoms with van der Waals surface area (Å²) in [6, 6.07) is 17.9. The second-order valence-corrected chi connectivity index (χ2v) is 9.61. The first-order chi connectivity index (χ1) is 14.0. The van der Waals surface area contributed by atoms with E-state index in [2.05, 4.69) is 5.16 Å². The van der Waals surface area contributed by atoms with Crippen LogP contribution >= 0.6 is 11.6 Å². The van der Waals surface area contributed by atoms with Crippen LogP contribution in [0.1, 0.15) is 27.7 Å². The number of aromatic nitrogens is 1. The highest BCUT2D eigenvalue weighted by Gasteiger charge is 2.34. The molecule has 2 aromatic carbocycles. The smallest absolute Gasteiger partial charge is 0.276 e. The summed E-state index contributed by atoms with van der Waals surface area (Å²) in [6.07, 6.45) is 0.279. The van der Waals surface area contributed by atoms with Gasteiger partial charge in [0.1, 0.15) is 0 Å². The van der Waals surface area contributed by atoms with E-state index in [0.29, 0.717) is 22.9 Å². The van der Waals surface area contributed by atoms with Gasteiger partial charge in [0.25, 0.3) is 5.91 Å². The summed E-state index contributed by atoms with van der Waals surface area (Å²) in [5.74, 6) is 0.0224. The number of hydrogen-bond acceptors (Lipinski definition) is 5. The second-order valence-electron chi connectivity index (χ2n) is 6.90. The Hall–Kier alpha value is -2.64.